The fourth-order valence-electron chi connectivity index (χ4n) is 0.603. The standard InChI is InChI=1S/C6H11NO3S/c1-7-6(10)4(11-2)3-5(8)9/h4H,3H2,1-2H3,(H,7,10)(H,8,9). The van der Waals surface area contributed by atoms with Crippen LogP contribution in [0.5, 0.6) is 0 Å². The molecule has 0 heterocycles. The monoisotopic (exact) mass is 177 g/mol. The van der Waals surface area contributed by atoms with Gasteiger partial charge in [0.2, 0.25) is 5.91 Å². The second-order valence-electron chi connectivity index (χ2n) is 1.94. The number of carbonyl (C=O) groups is 2. The van der Waals surface area contributed by atoms with Gasteiger partial charge in [-0.15, -0.1) is 0 Å². The molecule has 0 aliphatic carbocycles. The van der Waals surface area contributed by atoms with E-state index in [1.807, 2.05) is 0 Å². The van der Waals surface area contributed by atoms with E-state index < -0.39 is 11.2 Å². The van der Waals surface area contributed by atoms with Crippen molar-refractivity contribution in [2.75, 3.05) is 13.3 Å². The average Bonchev–Trinajstić information content (AvgIpc) is 1.98. The van der Waals surface area contributed by atoms with E-state index in [2.05, 4.69) is 5.32 Å². The number of thioether (sulfide) groups is 1. The van der Waals surface area contributed by atoms with Gasteiger partial charge in [0.25, 0.3) is 0 Å². The maximum absolute atomic E-state index is 10.9. The molecule has 0 bridgehead atoms. The first-order valence-electron chi connectivity index (χ1n) is 3.08. The molecule has 2 N–H and O–H groups in total. The third-order valence-corrected chi connectivity index (χ3v) is 2.13. The zero-order valence-electron chi connectivity index (χ0n) is 6.46. The Morgan fingerprint density at radius 1 is 1.64 bits per heavy atom. The highest BCUT2D eigenvalue weighted by molar-refractivity contribution is 7.99. The van der Waals surface area contributed by atoms with Crippen LogP contribution in [0.25, 0.3) is 0 Å². The van der Waals surface area contributed by atoms with Crippen LogP contribution in [0.1, 0.15) is 6.42 Å². The number of carboxylic acid groups (broad SMARTS) is 1. The van der Waals surface area contributed by atoms with E-state index in [0.717, 1.165) is 0 Å². The minimum atomic E-state index is -0.951. The van der Waals surface area contributed by atoms with Gasteiger partial charge in [-0.05, 0) is 6.26 Å². The van der Waals surface area contributed by atoms with Crippen LogP contribution in [0.15, 0.2) is 0 Å². The second kappa shape index (κ2) is 5.01. The summed E-state index contributed by atoms with van der Waals surface area (Å²) in [5, 5.41) is 10.3. The van der Waals surface area contributed by atoms with Crippen molar-refractivity contribution in [1.29, 1.82) is 0 Å². The minimum absolute atomic E-state index is 0.124. The molecule has 0 rings (SSSR count). The van der Waals surface area contributed by atoms with Crippen LogP contribution in [0, 0.1) is 0 Å². The number of amides is 1. The molecule has 0 radical (unpaired) electrons. The molecule has 1 amide bonds. The number of carbonyl (C=O) groups excluding carboxylic acids is 1. The molecule has 0 aromatic heterocycles. The Kier molecular flexibility index (Phi) is 4.69. The van der Waals surface area contributed by atoms with Gasteiger partial charge >= 0.3 is 5.97 Å². The van der Waals surface area contributed by atoms with Gasteiger partial charge in [0, 0.05) is 7.05 Å². The van der Waals surface area contributed by atoms with Crippen LogP contribution in [-0.4, -0.2) is 35.5 Å². The maximum Gasteiger partial charge on any atom is 0.305 e. The minimum Gasteiger partial charge on any atom is -0.481 e. The van der Waals surface area contributed by atoms with Gasteiger partial charge in [-0.25, -0.2) is 0 Å². The zero-order chi connectivity index (χ0) is 8.85. The Balaban J connectivity index is 3.94. The average molecular weight is 177 g/mol. The van der Waals surface area contributed by atoms with Crippen LogP contribution in [0.2, 0.25) is 0 Å². The molecule has 1 unspecified atom stereocenters. The highest BCUT2D eigenvalue weighted by atomic mass is 32.2. The van der Waals surface area contributed by atoms with Crippen molar-refractivity contribution in [3.05, 3.63) is 0 Å². The number of rotatable bonds is 4. The van der Waals surface area contributed by atoms with Crippen molar-refractivity contribution < 1.29 is 14.7 Å². The molecule has 0 spiro atoms. The number of carboxylic acids is 1. The quantitative estimate of drug-likeness (QED) is 0.631. The van der Waals surface area contributed by atoms with Gasteiger partial charge in [-0.1, -0.05) is 0 Å². The van der Waals surface area contributed by atoms with Crippen molar-refractivity contribution in [3.8, 4) is 0 Å². The van der Waals surface area contributed by atoms with Crippen molar-refractivity contribution in [1.82, 2.24) is 5.32 Å². The molecular formula is C6H11NO3S. The van der Waals surface area contributed by atoms with E-state index in [1.165, 1.54) is 18.8 Å². The summed E-state index contributed by atoms with van der Waals surface area (Å²) in [5.41, 5.74) is 0. The molecule has 0 aromatic rings. The predicted molar refractivity (Wildman–Crippen MR) is 43.6 cm³/mol. The zero-order valence-corrected chi connectivity index (χ0v) is 7.27. The lowest BCUT2D eigenvalue weighted by Gasteiger charge is -2.08. The van der Waals surface area contributed by atoms with Crippen LogP contribution in [-0.2, 0) is 9.59 Å². The van der Waals surface area contributed by atoms with E-state index >= 15 is 0 Å². The lowest BCUT2D eigenvalue weighted by atomic mass is 10.3. The summed E-state index contributed by atoms with van der Waals surface area (Å²) >= 11 is 1.24. The molecule has 0 aromatic carbocycles. The smallest absolute Gasteiger partial charge is 0.305 e. The lowest BCUT2D eigenvalue weighted by molar-refractivity contribution is -0.138. The van der Waals surface area contributed by atoms with Gasteiger partial charge in [0.15, 0.2) is 0 Å². The molecule has 64 valence electrons. The summed E-state index contributed by atoms with van der Waals surface area (Å²) in [4.78, 5) is 21.1. The molecule has 0 saturated carbocycles. The summed E-state index contributed by atoms with van der Waals surface area (Å²) in [6.45, 7) is 0. The highest BCUT2D eigenvalue weighted by Crippen LogP contribution is 2.10. The van der Waals surface area contributed by atoms with Crippen LogP contribution in [0.4, 0.5) is 0 Å². The molecule has 5 heteroatoms. The van der Waals surface area contributed by atoms with Crippen molar-refractivity contribution >= 4 is 23.6 Å². The first-order valence-corrected chi connectivity index (χ1v) is 4.36. The lowest BCUT2D eigenvalue weighted by Crippen LogP contribution is -2.31. The Morgan fingerprint density at radius 3 is 2.45 bits per heavy atom. The molecule has 1 atom stereocenters. The van der Waals surface area contributed by atoms with Gasteiger partial charge in [0.05, 0.1) is 11.7 Å². The van der Waals surface area contributed by atoms with Gasteiger partial charge in [-0.3, -0.25) is 9.59 Å². The predicted octanol–water partition coefficient (Wildman–Crippen LogP) is -0.0613. The molecule has 4 nitrogen and oxygen atoms in total. The number of aliphatic carboxylic acids is 1. The van der Waals surface area contributed by atoms with E-state index in [9.17, 15) is 9.59 Å². The third kappa shape index (κ3) is 3.87. The second-order valence-corrected chi connectivity index (χ2v) is 2.98. The van der Waals surface area contributed by atoms with Gasteiger partial charge in [0.1, 0.15) is 0 Å². The number of hydrogen-bond donors (Lipinski definition) is 2. The number of nitrogens with one attached hydrogen (secondary N) is 1. The topological polar surface area (TPSA) is 66.4 Å². The van der Waals surface area contributed by atoms with Crippen LogP contribution in [0.3, 0.4) is 0 Å². The molecule has 0 aliphatic heterocycles. The fraction of sp³-hybridized carbons (Fsp3) is 0.667. The molecule has 0 saturated heterocycles. The van der Waals surface area contributed by atoms with E-state index in [-0.39, 0.29) is 12.3 Å². The Bertz CT molecular complexity index is 160. The third-order valence-electron chi connectivity index (χ3n) is 1.18. The summed E-state index contributed by atoms with van der Waals surface area (Å²) in [5.74, 6) is -1.19. The summed E-state index contributed by atoms with van der Waals surface area (Å²) in [7, 11) is 1.49. The number of hydrogen-bond acceptors (Lipinski definition) is 3. The van der Waals surface area contributed by atoms with E-state index in [4.69, 9.17) is 5.11 Å². The summed E-state index contributed by atoms with van der Waals surface area (Å²) in [6.07, 6.45) is 1.59. The fourth-order valence-corrected chi connectivity index (χ4v) is 1.24. The summed E-state index contributed by atoms with van der Waals surface area (Å²) < 4.78 is 0. The van der Waals surface area contributed by atoms with E-state index in [1.54, 1.807) is 6.26 Å². The normalized spacial score (nSPS) is 12.2. The highest BCUT2D eigenvalue weighted by Gasteiger charge is 2.18. The first kappa shape index (κ1) is 10.3. The first-order chi connectivity index (χ1) is 5.11. The Labute approximate surface area is 69.4 Å². The molecule has 0 fully saturated rings. The van der Waals surface area contributed by atoms with Crippen molar-refractivity contribution in [2.45, 2.75) is 11.7 Å². The van der Waals surface area contributed by atoms with Crippen molar-refractivity contribution in [3.63, 3.8) is 0 Å². The molecule has 0 aliphatic rings. The summed E-state index contributed by atoms with van der Waals surface area (Å²) in [6, 6.07) is 0. The van der Waals surface area contributed by atoms with Crippen molar-refractivity contribution in [2.24, 2.45) is 0 Å². The largest absolute Gasteiger partial charge is 0.481 e. The van der Waals surface area contributed by atoms with Gasteiger partial charge in [-0.2, -0.15) is 11.8 Å². The van der Waals surface area contributed by atoms with Crippen LogP contribution >= 0.6 is 11.8 Å². The Morgan fingerprint density at radius 2 is 2.18 bits per heavy atom. The van der Waals surface area contributed by atoms with E-state index in [0.29, 0.717) is 0 Å². The van der Waals surface area contributed by atoms with Gasteiger partial charge < -0.3 is 10.4 Å². The molecule has 11 heavy (non-hydrogen) atoms. The SMILES string of the molecule is CNC(=O)C(CC(=O)O)SC. The van der Waals surface area contributed by atoms with Crippen LogP contribution < -0.4 is 5.32 Å². The molecular weight excluding hydrogens is 166 g/mol. The Hall–Kier alpha value is -0.710. The maximum atomic E-state index is 10.9.